The minimum atomic E-state index is -0.790. The molecule has 2 heterocycles. The molecule has 1 aliphatic rings. The fraction of sp³-hybridized carbons (Fsp3) is 0.562. The standard InChI is InChI=1S/C16H22N2O3/c1-12(2)16(15(20)21)7-10-18(11-16)14(19)4-3-13-5-8-17-9-6-13/h5-6,8-9,12H,3-4,7,10-11H2,1-2H3,(H,20,21). The van der Waals surface area contributed by atoms with Crippen molar-refractivity contribution < 1.29 is 14.7 Å². The predicted molar refractivity (Wildman–Crippen MR) is 78.7 cm³/mol. The van der Waals surface area contributed by atoms with Gasteiger partial charge in [-0.05, 0) is 36.5 Å². The molecule has 1 amide bonds. The first kappa shape index (κ1) is 15.5. The second-order valence-corrected chi connectivity index (χ2v) is 6.04. The number of amides is 1. The largest absolute Gasteiger partial charge is 0.481 e. The van der Waals surface area contributed by atoms with Crippen molar-refractivity contribution in [2.45, 2.75) is 33.1 Å². The van der Waals surface area contributed by atoms with E-state index in [-0.39, 0.29) is 11.8 Å². The molecule has 0 spiro atoms. The Hall–Kier alpha value is -1.91. The van der Waals surface area contributed by atoms with Crippen LogP contribution in [0.15, 0.2) is 24.5 Å². The minimum absolute atomic E-state index is 0.0213. The predicted octanol–water partition coefficient (Wildman–Crippen LogP) is 1.97. The molecule has 5 heteroatoms. The second kappa shape index (κ2) is 6.24. The van der Waals surface area contributed by atoms with E-state index in [2.05, 4.69) is 4.98 Å². The number of aromatic nitrogens is 1. The Kier molecular flexibility index (Phi) is 4.60. The van der Waals surface area contributed by atoms with Crippen LogP contribution in [0.2, 0.25) is 0 Å². The maximum absolute atomic E-state index is 12.3. The molecule has 0 bridgehead atoms. The van der Waals surface area contributed by atoms with E-state index in [0.717, 1.165) is 5.56 Å². The molecule has 1 fully saturated rings. The summed E-state index contributed by atoms with van der Waals surface area (Å²) in [5.41, 5.74) is 0.290. The third-order valence-electron chi connectivity index (χ3n) is 4.56. The van der Waals surface area contributed by atoms with E-state index >= 15 is 0 Å². The van der Waals surface area contributed by atoms with Crippen molar-refractivity contribution in [3.05, 3.63) is 30.1 Å². The molecular weight excluding hydrogens is 268 g/mol. The number of likely N-dealkylation sites (tertiary alicyclic amines) is 1. The highest BCUT2D eigenvalue weighted by atomic mass is 16.4. The Morgan fingerprint density at radius 1 is 1.38 bits per heavy atom. The van der Waals surface area contributed by atoms with Crippen LogP contribution in [-0.4, -0.2) is 40.0 Å². The molecule has 0 radical (unpaired) electrons. The van der Waals surface area contributed by atoms with Crippen molar-refractivity contribution >= 4 is 11.9 Å². The van der Waals surface area contributed by atoms with E-state index < -0.39 is 11.4 Å². The molecule has 1 atom stereocenters. The Morgan fingerprint density at radius 2 is 2.05 bits per heavy atom. The van der Waals surface area contributed by atoms with Crippen LogP contribution in [0.3, 0.4) is 0 Å². The number of carboxylic acid groups (broad SMARTS) is 1. The molecule has 1 saturated heterocycles. The molecule has 5 nitrogen and oxygen atoms in total. The third kappa shape index (κ3) is 3.23. The van der Waals surface area contributed by atoms with E-state index in [1.807, 2.05) is 26.0 Å². The van der Waals surface area contributed by atoms with E-state index in [9.17, 15) is 14.7 Å². The van der Waals surface area contributed by atoms with Crippen LogP contribution in [0.5, 0.6) is 0 Å². The van der Waals surface area contributed by atoms with Crippen molar-refractivity contribution in [1.82, 2.24) is 9.88 Å². The Balaban J connectivity index is 1.94. The Labute approximate surface area is 125 Å². The zero-order valence-electron chi connectivity index (χ0n) is 12.6. The number of carbonyl (C=O) groups is 2. The minimum Gasteiger partial charge on any atom is -0.481 e. The molecule has 2 rings (SSSR count). The fourth-order valence-electron chi connectivity index (χ4n) is 2.90. The number of carbonyl (C=O) groups excluding carboxylic acids is 1. The van der Waals surface area contributed by atoms with Gasteiger partial charge in [0.2, 0.25) is 5.91 Å². The number of pyridine rings is 1. The quantitative estimate of drug-likeness (QED) is 0.900. The summed E-state index contributed by atoms with van der Waals surface area (Å²) in [6.45, 7) is 4.70. The van der Waals surface area contributed by atoms with Gasteiger partial charge in [0.1, 0.15) is 0 Å². The van der Waals surface area contributed by atoms with Crippen molar-refractivity contribution in [2.75, 3.05) is 13.1 Å². The first-order valence-corrected chi connectivity index (χ1v) is 7.36. The summed E-state index contributed by atoms with van der Waals surface area (Å²) in [5, 5.41) is 9.50. The monoisotopic (exact) mass is 290 g/mol. The number of aryl methyl sites for hydroxylation is 1. The lowest BCUT2D eigenvalue weighted by atomic mass is 9.76. The number of nitrogens with zero attached hydrogens (tertiary/aromatic N) is 2. The molecule has 0 aliphatic carbocycles. The molecule has 1 unspecified atom stereocenters. The average Bonchev–Trinajstić information content (AvgIpc) is 2.92. The highest BCUT2D eigenvalue weighted by Gasteiger charge is 2.48. The van der Waals surface area contributed by atoms with Gasteiger partial charge in [-0.2, -0.15) is 0 Å². The zero-order valence-corrected chi connectivity index (χ0v) is 12.6. The van der Waals surface area contributed by atoms with Gasteiger partial charge in [0.15, 0.2) is 0 Å². The van der Waals surface area contributed by atoms with Crippen LogP contribution in [0.25, 0.3) is 0 Å². The van der Waals surface area contributed by atoms with Gasteiger partial charge in [0, 0.05) is 31.9 Å². The highest BCUT2D eigenvalue weighted by molar-refractivity contribution is 5.81. The summed E-state index contributed by atoms with van der Waals surface area (Å²) in [6.07, 6.45) is 5.05. The number of carboxylic acids is 1. The lowest BCUT2D eigenvalue weighted by Gasteiger charge is -2.28. The van der Waals surface area contributed by atoms with Gasteiger partial charge >= 0.3 is 5.97 Å². The molecular formula is C16H22N2O3. The summed E-state index contributed by atoms with van der Waals surface area (Å²) >= 11 is 0. The third-order valence-corrected chi connectivity index (χ3v) is 4.56. The van der Waals surface area contributed by atoms with E-state index in [1.54, 1.807) is 17.3 Å². The molecule has 114 valence electrons. The van der Waals surface area contributed by atoms with Crippen LogP contribution < -0.4 is 0 Å². The Bertz CT molecular complexity index is 516. The Morgan fingerprint density at radius 3 is 2.57 bits per heavy atom. The van der Waals surface area contributed by atoms with Gasteiger partial charge < -0.3 is 10.0 Å². The van der Waals surface area contributed by atoms with Crippen LogP contribution in [-0.2, 0) is 16.0 Å². The van der Waals surface area contributed by atoms with E-state index in [1.165, 1.54) is 0 Å². The van der Waals surface area contributed by atoms with Crippen molar-refractivity contribution in [3.8, 4) is 0 Å². The van der Waals surface area contributed by atoms with Crippen LogP contribution in [0.4, 0.5) is 0 Å². The maximum atomic E-state index is 12.3. The smallest absolute Gasteiger partial charge is 0.311 e. The van der Waals surface area contributed by atoms with Gasteiger partial charge in [-0.3, -0.25) is 14.6 Å². The van der Waals surface area contributed by atoms with Crippen LogP contribution in [0.1, 0.15) is 32.3 Å². The molecule has 1 aromatic heterocycles. The molecule has 1 aromatic rings. The van der Waals surface area contributed by atoms with Gasteiger partial charge in [-0.25, -0.2) is 0 Å². The molecule has 0 aromatic carbocycles. The molecule has 1 aliphatic heterocycles. The molecule has 0 saturated carbocycles. The zero-order chi connectivity index (χ0) is 15.5. The topological polar surface area (TPSA) is 70.5 Å². The lowest BCUT2D eigenvalue weighted by Crippen LogP contribution is -2.40. The summed E-state index contributed by atoms with van der Waals surface area (Å²) in [6, 6.07) is 3.79. The van der Waals surface area contributed by atoms with Crippen LogP contribution >= 0.6 is 0 Å². The summed E-state index contributed by atoms with van der Waals surface area (Å²) < 4.78 is 0. The highest BCUT2D eigenvalue weighted by Crippen LogP contribution is 2.38. The van der Waals surface area contributed by atoms with Crippen molar-refractivity contribution in [2.24, 2.45) is 11.3 Å². The van der Waals surface area contributed by atoms with E-state index in [0.29, 0.717) is 32.4 Å². The van der Waals surface area contributed by atoms with E-state index in [4.69, 9.17) is 0 Å². The maximum Gasteiger partial charge on any atom is 0.311 e. The second-order valence-electron chi connectivity index (χ2n) is 6.04. The van der Waals surface area contributed by atoms with Crippen molar-refractivity contribution in [1.29, 1.82) is 0 Å². The number of aliphatic carboxylic acids is 1. The lowest BCUT2D eigenvalue weighted by molar-refractivity contribution is -0.151. The van der Waals surface area contributed by atoms with Crippen LogP contribution in [0, 0.1) is 11.3 Å². The van der Waals surface area contributed by atoms with Gasteiger partial charge in [0.05, 0.1) is 5.41 Å². The number of hydrogen-bond acceptors (Lipinski definition) is 3. The fourth-order valence-corrected chi connectivity index (χ4v) is 2.90. The molecule has 1 N–H and O–H groups in total. The molecule has 21 heavy (non-hydrogen) atoms. The normalized spacial score (nSPS) is 21.8. The van der Waals surface area contributed by atoms with Gasteiger partial charge in [-0.15, -0.1) is 0 Å². The first-order chi connectivity index (χ1) is 9.95. The van der Waals surface area contributed by atoms with Gasteiger partial charge in [0.25, 0.3) is 0 Å². The number of rotatable bonds is 5. The average molecular weight is 290 g/mol. The number of hydrogen-bond donors (Lipinski definition) is 1. The summed E-state index contributed by atoms with van der Waals surface area (Å²) in [5.74, 6) is -0.731. The SMILES string of the molecule is CC(C)C1(C(=O)O)CCN(C(=O)CCc2ccncc2)C1. The summed E-state index contributed by atoms with van der Waals surface area (Å²) in [4.78, 5) is 29.5. The van der Waals surface area contributed by atoms with Crippen molar-refractivity contribution in [3.63, 3.8) is 0 Å². The summed E-state index contributed by atoms with van der Waals surface area (Å²) in [7, 11) is 0. The van der Waals surface area contributed by atoms with Gasteiger partial charge in [-0.1, -0.05) is 13.8 Å². The first-order valence-electron chi connectivity index (χ1n) is 7.36.